The quantitative estimate of drug-likeness (QED) is 0.349. The maximum atomic E-state index is 6.34. The molecule has 0 N–H and O–H groups in total. The second-order valence-corrected chi connectivity index (χ2v) is 7.99. The standard InChI is InChI=1S/C26H25N2O/c1-5-6-18-9-12-20-19(15-18)13-14-28(4)24(20)23-16(2)7-10-21-22-11-8-17(3)27-26(22)29-25(21)23/h7-15H,5-6H2,1-4H3/q+1. The highest BCUT2D eigenvalue weighted by atomic mass is 16.3. The van der Waals surface area contributed by atoms with Gasteiger partial charge in [-0.2, -0.15) is 0 Å². The van der Waals surface area contributed by atoms with E-state index in [1.807, 2.05) is 13.0 Å². The van der Waals surface area contributed by atoms with Crippen LogP contribution in [0.1, 0.15) is 30.2 Å². The maximum Gasteiger partial charge on any atom is 0.227 e. The fraction of sp³-hybridized carbons (Fsp3) is 0.231. The molecule has 3 nitrogen and oxygen atoms in total. The molecule has 0 unspecified atom stereocenters. The zero-order chi connectivity index (χ0) is 20.1. The predicted molar refractivity (Wildman–Crippen MR) is 119 cm³/mol. The van der Waals surface area contributed by atoms with Crippen LogP contribution in [0, 0.1) is 13.8 Å². The van der Waals surface area contributed by atoms with E-state index in [1.165, 1.54) is 27.6 Å². The Morgan fingerprint density at radius 3 is 2.55 bits per heavy atom. The molecule has 144 valence electrons. The van der Waals surface area contributed by atoms with E-state index < -0.39 is 0 Å². The van der Waals surface area contributed by atoms with Gasteiger partial charge in [0.1, 0.15) is 7.05 Å². The van der Waals surface area contributed by atoms with E-state index in [2.05, 4.69) is 79.1 Å². The number of aromatic nitrogens is 2. The number of rotatable bonds is 3. The summed E-state index contributed by atoms with van der Waals surface area (Å²) in [5, 5.41) is 4.70. The topological polar surface area (TPSA) is 29.9 Å². The minimum Gasteiger partial charge on any atom is -0.437 e. The summed E-state index contributed by atoms with van der Waals surface area (Å²) < 4.78 is 8.55. The Morgan fingerprint density at radius 2 is 1.72 bits per heavy atom. The number of aryl methyl sites for hydroxylation is 4. The zero-order valence-electron chi connectivity index (χ0n) is 17.4. The molecule has 0 spiro atoms. The molecule has 29 heavy (non-hydrogen) atoms. The number of hydrogen-bond donors (Lipinski definition) is 0. The third-order valence-electron chi connectivity index (χ3n) is 5.83. The van der Waals surface area contributed by atoms with Gasteiger partial charge in [0.2, 0.25) is 11.4 Å². The lowest BCUT2D eigenvalue weighted by Gasteiger charge is -2.09. The number of pyridine rings is 2. The van der Waals surface area contributed by atoms with Crippen LogP contribution in [0.3, 0.4) is 0 Å². The molecule has 5 aromatic rings. The van der Waals surface area contributed by atoms with Gasteiger partial charge in [-0.25, -0.2) is 9.55 Å². The summed E-state index contributed by atoms with van der Waals surface area (Å²) in [6, 6.07) is 17.6. The van der Waals surface area contributed by atoms with Crippen molar-refractivity contribution in [3.05, 3.63) is 71.5 Å². The van der Waals surface area contributed by atoms with Crippen molar-refractivity contribution in [3.63, 3.8) is 0 Å². The van der Waals surface area contributed by atoms with Crippen LogP contribution in [0.5, 0.6) is 0 Å². The van der Waals surface area contributed by atoms with E-state index in [0.29, 0.717) is 5.71 Å². The lowest BCUT2D eigenvalue weighted by molar-refractivity contribution is -0.659. The summed E-state index contributed by atoms with van der Waals surface area (Å²) in [7, 11) is 2.11. The second-order valence-electron chi connectivity index (χ2n) is 7.99. The smallest absolute Gasteiger partial charge is 0.227 e. The Morgan fingerprint density at radius 1 is 0.931 bits per heavy atom. The van der Waals surface area contributed by atoms with Crippen LogP contribution in [0.2, 0.25) is 0 Å². The summed E-state index contributed by atoms with van der Waals surface area (Å²) in [5.74, 6) is 0. The molecule has 0 amide bonds. The van der Waals surface area contributed by atoms with Crippen molar-refractivity contribution in [2.24, 2.45) is 7.05 Å². The molecule has 0 aliphatic rings. The van der Waals surface area contributed by atoms with Crippen molar-refractivity contribution in [2.75, 3.05) is 0 Å². The SMILES string of the molecule is CCCc1ccc2c(-c3c(C)ccc4c3oc3nc(C)ccc34)[n+](C)ccc2c1. The van der Waals surface area contributed by atoms with E-state index in [1.54, 1.807) is 0 Å². The van der Waals surface area contributed by atoms with Crippen molar-refractivity contribution in [1.29, 1.82) is 0 Å². The molecule has 5 rings (SSSR count). The van der Waals surface area contributed by atoms with Crippen molar-refractivity contribution in [2.45, 2.75) is 33.6 Å². The van der Waals surface area contributed by atoms with Gasteiger partial charge in [-0.05, 0) is 55.0 Å². The molecule has 0 saturated heterocycles. The molecule has 0 fully saturated rings. The van der Waals surface area contributed by atoms with Crippen molar-refractivity contribution < 1.29 is 8.98 Å². The minimum absolute atomic E-state index is 0.708. The minimum atomic E-state index is 0.708. The lowest BCUT2D eigenvalue weighted by atomic mass is 9.96. The van der Waals surface area contributed by atoms with Gasteiger partial charge < -0.3 is 4.42 Å². The third-order valence-corrected chi connectivity index (χ3v) is 5.83. The molecule has 0 aliphatic carbocycles. The Hall–Kier alpha value is -3.20. The summed E-state index contributed by atoms with van der Waals surface area (Å²) >= 11 is 0. The van der Waals surface area contributed by atoms with Gasteiger partial charge in [0.15, 0.2) is 11.8 Å². The van der Waals surface area contributed by atoms with E-state index >= 15 is 0 Å². The molecular weight excluding hydrogens is 356 g/mol. The lowest BCUT2D eigenvalue weighted by Crippen LogP contribution is -2.30. The van der Waals surface area contributed by atoms with Crippen LogP contribution >= 0.6 is 0 Å². The van der Waals surface area contributed by atoms with E-state index in [0.717, 1.165) is 40.5 Å². The third kappa shape index (κ3) is 2.80. The van der Waals surface area contributed by atoms with Gasteiger partial charge in [-0.15, -0.1) is 0 Å². The summed E-state index contributed by atoms with van der Waals surface area (Å²) in [6.45, 7) is 6.38. The van der Waals surface area contributed by atoms with Crippen molar-refractivity contribution in [1.82, 2.24) is 4.98 Å². The average molecular weight is 381 g/mol. The monoisotopic (exact) mass is 381 g/mol. The molecule has 3 heteroatoms. The Bertz CT molecular complexity index is 1400. The summed E-state index contributed by atoms with van der Waals surface area (Å²) in [6.07, 6.45) is 4.41. The number of furan rings is 1. The van der Waals surface area contributed by atoms with Crippen LogP contribution in [-0.4, -0.2) is 4.98 Å². The first kappa shape index (κ1) is 17.9. The maximum absolute atomic E-state index is 6.34. The second kappa shape index (κ2) is 6.70. The molecular formula is C26H25N2O+. The van der Waals surface area contributed by atoms with Crippen LogP contribution in [0.15, 0.2) is 59.1 Å². The van der Waals surface area contributed by atoms with Gasteiger partial charge >= 0.3 is 0 Å². The molecule has 0 atom stereocenters. The zero-order valence-corrected chi connectivity index (χ0v) is 17.4. The number of benzene rings is 2. The number of nitrogens with zero attached hydrogens (tertiary/aromatic N) is 2. The van der Waals surface area contributed by atoms with Crippen LogP contribution < -0.4 is 4.57 Å². The van der Waals surface area contributed by atoms with Gasteiger partial charge in [-0.3, -0.25) is 0 Å². The predicted octanol–water partition coefficient (Wildman–Crippen LogP) is 6.20. The molecule has 0 aliphatic heterocycles. The van der Waals surface area contributed by atoms with Crippen molar-refractivity contribution in [3.8, 4) is 11.3 Å². The first-order chi connectivity index (χ1) is 14.1. The molecule has 0 bridgehead atoms. The fourth-order valence-electron chi connectivity index (χ4n) is 4.38. The highest BCUT2D eigenvalue weighted by Crippen LogP contribution is 2.38. The van der Waals surface area contributed by atoms with Crippen LogP contribution in [0.4, 0.5) is 0 Å². The van der Waals surface area contributed by atoms with Gasteiger partial charge in [0.25, 0.3) is 0 Å². The van der Waals surface area contributed by atoms with Gasteiger partial charge in [0.05, 0.1) is 10.9 Å². The summed E-state index contributed by atoms with van der Waals surface area (Å²) in [4.78, 5) is 4.62. The number of hydrogen-bond acceptors (Lipinski definition) is 2. The van der Waals surface area contributed by atoms with E-state index in [9.17, 15) is 0 Å². The highest BCUT2D eigenvalue weighted by molar-refractivity contribution is 6.11. The molecule has 2 aromatic carbocycles. The van der Waals surface area contributed by atoms with E-state index in [4.69, 9.17) is 4.42 Å². The first-order valence-corrected chi connectivity index (χ1v) is 10.3. The Kier molecular flexibility index (Phi) is 4.13. The fourth-order valence-corrected chi connectivity index (χ4v) is 4.38. The molecule has 3 aromatic heterocycles. The van der Waals surface area contributed by atoms with Crippen LogP contribution in [0.25, 0.3) is 44.1 Å². The Labute approximate surface area is 170 Å². The van der Waals surface area contributed by atoms with Crippen LogP contribution in [-0.2, 0) is 13.5 Å². The Balaban J connectivity index is 1.87. The normalized spacial score (nSPS) is 11.7. The summed E-state index contributed by atoms with van der Waals surface area (Å²) in [5.41, 5.74) is 7.51. The first-order valence-electron chi connectivity index (χ1n) is 10.3. The van der Waals surface area contributed by atoms with Crippen molar-refractivity contribution >= 4 is 32.8 Å². The number of fused-ring (bicyclic) bond motifs is 4. The largest absolute Gasteiger partial charge is 0.437 e. The van der Waals surface area contributed by atoms with E-state index in [-0.39, 0.29) is 0 Å². The molecule has 0 saturated carbocycles. The van der Waals surface area contributed by atoms with Gasteiger partial charge in [0, 0.05) is 22.5 Å². The molecule has 0 radical (unpaired) electrons. The molecule has 3 heterocycles. The highest BCUT2D eigenvalue weighted by Gasteiger charge is 2.23. The average Bonchev–Trinajstić information content (AvgIpc) is 3.06. The van der Waals surface area contributed by atoms with Gasteiger partial charge in [-0.1, -0.05) is 37.6 Å².